The van der Waals surface area contributed by atoms with Crippen LogP contribution >= 0.6 is 0 Å². The first kappa shape index (κ1) is 16.7. The molecule has 0 radical (unpaired) electrons. The maximum Gasteiger partial charge on any atom is 0.260 e. The molecule has 1 unspecified atom stereocenters. The van der Waals surface area contributed by atoms with Crippen LogP contribution in [0.3, 0.4) is 0 Å². The van der Waals surface area contributed by atoms with Gasteiger partial charge in [-0.25, -0.2) is 4.39 Å². The molecule has 0 N–H and O–H groups in total. The van der Waals surface area contributed by atoms with E-state index in [1.54, 1.807) is 4.90 Å². The van der Waals surface area contributed by atoms with E-state index in [-0.39, 0.29) is 11.8 Å². The molecule has 3 fully saturated rings. The lowest BCUT2D eigenvalue weighted by molar-refractivity contribution is -0.151. The summed E-state index contributed by atoms with van der Waals surface area (Å²) >= 11 is 0. The smallest absolute Gasteiger partial charge is 0.260 e. The van der Waals surface area contributed by atoms with Crippen molar-refractivity contribution >= 4 is 5.91 Å². The van der Waals surface area contributed by atoms with Crippen LogP contribution in [0.4, 0.5) is 4.39 Å². The van der Waals surface area contributed by atoms with E-state index < -0.39 is 5.67 Å². The Kier molecular flexibility index (Phi) is 4.07. The minimum absolute atomic E-state index is 0.0607. The second kappa shape index (κ2) is 6.32. The van der Waals surface area contributed by atoms with Crippen LogP contribution in [0, 0.1) is 11.8 Å². The summed E-state index contributed by atoms with van der Waals surface area (Å²) < 4.78 is 22.7. The van der Waals surface area contributed by atoms with E-state index in [0.29, 0.717) is 38.5 Å². The van der Waals surface area contributed by atoms with Crippen molar-refractivity contribution in [2.75, 3.05) is 19.8 Å². The molecule has 26 heavy (non-hydrogen) atoms. The van der Waals surface area contributed by atoms with Gasteiger partial charge in [-0.3, -0.25) is 9.48 Å². The number of hydrogen-bond donors (Lipinski definition) is 0. The summed E-state index contributed by atoms with van der Waals surface area (Å²) in [7, 11) is 0. The van der Waals surface area contributed by atoms with Gasteiger partial charge in [0.05, 0.1) is 12.3 Å². The predicted molar refractivity (Wildman–Crippen MR) is 94.3 cm³/mol. The summed E-state index contributed by atoms with van der Waals surface area (Å²) in [6.45, 7) is 3.36. The largest absolute Gasteiger partial charge is 0.380 e. The van der Waals surface area contributed by atoms with Crippen LogP contribution < -0.4 is 0 Å². The molecule has 0 bridgehead atoms. The fourth-order valence-corrected chi connectivity index (χ4v) is 4.16. The maximum absolute atomic E-state index is 14.7. The molecule has 5 rings (SSSR count). The molecule has 4 aliphatic rings. The SMILES string of the molecule is O=C(N1Cc2cn(CC3CC3)nc2C(COCC2CC2)C1)C1(F)CCC1. The standard InChI is InChI=1S/C20H28FN3O2/c21-20(6-1-7-20)19(25)23-9-16-11-24(8-14-2-3-14)22-18(16)17(10-23)13-26-12-15-4-5-15/h11,14-15,17H,1-10,12-13H2. The minimum atomic E-state index is -1.62. The van der Waals surface area contributed by atoms with E-state index in [1.165, 1.54) is 25.7 Å². The van der Waals surface area contributed by atoms with Gasteiger partial charge in [-0.1, -0.05) is 0 Å². The van der Waals surface area contributed by atoms with Crippen molar-refractivity contribution in [1.82, 2.24) is 14.7 Å². The van der Waals surface area contributed by atoms with Crippen LogP contribution in [0.1, 0.15) is 62.1 Å². The number of rotatable bonds is 7. The Morgan fingerprint density at radius 1 is 1.23 bits per heavy atom. The number of halogens is 1. The quantitative estimate of drug-likeness (QED) is 0.750. The average Bonchev–Trinajstić information content (AvgIpc) is 3.51. The highest BCUT2D eigenvalue weighted by Gasteiger charge is 2.48. The van der Waals surface area contributed by atoms with Gasteiger partial charge in [0, 0.05) is 43.9 Å². The number of nitrogens with zero attached hydrogens (tertiary/aromatic N) is 3. The van der Waals surface area contributed by atoms with Crippen molar-refractivity contribution < 1.29 is 13.9 Å². The van der Waals surface area contributed by atoms with Crippen molar-refractivity contribution in [3.05, 3.63) is 17.5 Å². The summed E-state index contributed by atoms with van der Waals surface area (Å²) in [6.07, 6.45) is 8.74. The number of fused-ring (bicyclic) bond motifs is 1. The Bertz CT molecular complexity index is 691. The van der Waals surface area contributed by atoms with E-state index in [1.807, 2.05) is 4.68 Å². The van der Waals surface area contributed by atoms with E-state index in [9.17, 15) is 9.18 Å². The number of hydrogen-bond acceptors (Lipinski definition) is 3. The molecule has 1 atom stereocenters. The summed E-state index contributed by atoms with van der Waals surface area (Å²) in [5.41, 5.74) is 0.515. The number of ether oxygens (including phenoxy) is 1. The van der Waals surface area contributed by atoms with Crippen molar-refractivity contribution in [2.45, 2.75) is 69.6 Å². The number of amides is 1. The zero-order valence-corrected chi connectivity index (χ0v) is 15.3. The number of carbonyl (C=O) groups excluding carboxylic acids is 1. The first-order chi connectivity index (χ1) is 12.6. The highest BCUT2D eigenvalue weighted by Crippen LogP contribution is 2.40. The lowest BCUT2D eigenvalue weighted by Crippen LogP contribution is -2.52. The molecule has 5 nitrogen and oxygen atoms in total. The molecule has 2 heterocycles. The third-order valence-corrected chi connectivity index (χ3v) is 6.39. The monoisotopic (exact) mass is 361 g/mol. The predicted octanol–water partition coefficient (Wildman–Crippen LogP) is 3.04. The fraction of sp³-hybridized carbons (Fsp3) is 0.800. The molecule has 0 spiro atoms. The Balaban J connectivity index is 1.33. The molecule has 0 saturated heterocycles. The van der Waals surface area contributed by atoms with Crippen LogP contribution in [0.15, 0.2) is 6.20 Å². The van der Waals surface area contributed by atoms with E-state index in [2.05, 4.69) is 6.20 Å². The number of alkyl halides is 1. The van der Waals surface area contributed by atoms with E-state index >= 15 is 0 Å². The van der Waals surface area contributed by atoms with Crippen molar-refractivity contribution in [2.24, 2.45) is 11.8 Å². The first-order valence-corrected chi connectivity index (χ1v) is 10.2. The van der Waals surface area contributed by atoms with Gasteiger partial charge in [0.25, 0.3) is 5.91 Å². The molecule has 1 aromatic heterocycles. The van der Waals surface area contributed by atoms with Crippen LogP contribution in [0.5, 0.6) is 0 Å². The Labute approximate surface area is 153 Å². The van der Waals surface area contributed by atoms with Gasteiger partial charge in [-0.15, -0.1) is 0 Å². The Morgan fingerprint density at radius 3 is 2.65 bits per heavy atom. The molecule has 1 aromatic rings. The zero-order valence-electron chi connectivity index (χ0n) is 15.3. The van der Waals surface area contributed by atoms with Gasteiger partial charge < -0.3 is 9.64 Å². The summed E-state index contributed by atoms with van der Waals surface area (Å²) in [5, 5.41) is 4.82. The normalized spacial score (nSPS) is 27.1. The van der Waals surface area contributed by atoms with Crippen LogP contribution in [0.25, 0.3) is 0 Å². The molecule has 3 aliphatic carbocycles. The third-order valence-electron chi connectivity index (χ3n) is 6.39. The van der Waals surface area contributed by atoms with Crippen molar-refractivity contribution in [3.63, 3.8) is 0 Å². The first-order valence-electron chi connectivity index (χ1n) is 10.2. The number of aromatic nitrogens is 2. The molecule has 6 heteroatoms. The Morgan fingerprint density at radius 2 is 2.00 bits per heavy atom. The van der Waals surface area contributed by atoms with Gasteiger partial charge in [0.15, 0.2) is 5.67 Å². The summed E-state index contributed by atoms with van der Waals surface area (Å²) in [4.78, 5) is 14.4. The molecule has 1 amide bonds. The van der Waals surface area contributed by atoms with E-state index in [0.717, 1.165) is 36.7 Å². The molecule has 3 saturated carbocycles. The lowest BCUT2D eigenvalue weighted by atomic mass is 9.80. The van der Waals surface area contributed by atoms with Crippen molar-refractivity contribution in [3.8, 4) is 0 Å². The molecule has 0 aromatic carbocycles. The highest BCUT2D eigenvalue weighted by atomic mass is 19.1. The summed E-state index contributed by atoms with van der Waals surface area (Å²) in [5.74, 6) is 1.21. The van der Waals surface area contributed by atoms with Gasteiger partial charge in [-0.05, 0) is 56.8 Å². The lowest BCUT2D eigenvalue weighted by Gasteiger charge is -2.40. The van der Waals surface area contributed by atoms with Gasteiger partial charge in [-0.2, -0.15) is 5.10 Å². The average molecular weight is 361 g/mol. The second-order valence-corrected chi connectivity index (χ2v) is 8.89. The van der Waals surface area contributed by atoms with E-state index in [4.69, 9.17) is 9.84 Å². The maximum atomic E-state index is 14.7. The number of carbonyl (C=O) groups is 1. The van der Waals surface area contributed by atoms with Crippen molar-refractivity contribution in [1.29, 1.82) is 0 Å². The van der Waals surface area contributed by atoms with Gasteiger partial charge in [0.1, 0.15) is 0 Å². The Hall–Kier alpha value is -1.43. The van der Waals surface area contributed by atoms with Gasteiger partial charge >= 0.3 is 0 Å². The highest BCUT2D eigenvalue weighted by molar-refractivity contribution is 5.86. The third kappa shape index (κ3) is 3.28. The minimum Gasteiger partial charge on any atom is -0.380 e. The van der Waals surface area contributed by atoms with Gasteiger partial charge in [0.2, 0.25) is 0 Å². The second-order valence-electron chi connectivity index (χ2n) is 8.89. The molecule has 1 aliphatic heterocycles. The summed E-state index contributed by atoms with van der Waals surface area (Å²) in [6, 6.07) is 0. The topological polar surface area (TPSA) is 47.4 Å². The molecular weight excluding hydrogens is 333 g/mol. The van der Waals surface area contributed by atoms with Crippen LogP contribution in [0.2, 0.25) is 0 Å². The van der Waals surface area contributed by atoms with Crippen LogP contribution in [-0.2, 0) is 22.6 Å². The molecule has 142 valence electrons. The van der Waals surface area contributed by atoms with Crippen LogP contribution in [-0.4, -0.2) is 46.0 Å². The molecular formula is C20H28FN3O2. The zero-order chi connectivity index (χ0) is 17.7. The fourth-order valence-electron chi connectivity index (χ4n) is 4.16.